The van der Waals surface area contributed by atoms with Crippen LogP contribution in [-0.4, -0.2) is 19.9 Å². The Balaban J connectivity index is 0.00000121. The van der Waals surface area contributed by atoms with Gasteiger partial charge in [0.2, 0.25) is 0 Å². The number of hydrogen-bond donors (Lipinski definition) is 3. The lowest BCUT2D eigenvalue weighted by molar-refractivity contribution is 1.27. The van der Waals surface area contributed by atoms with Gasteiger partial charge in [0.05, 0.1) is 0 Å². The molecule has 5 heteroatoms. The Bertz CT molecular complexity index is 787. The molecule has 0 spiro atoms. The number of rotatable bonds is 2. The molecule has 4 aromatic rings. The molecule has 20 heavy (non-hydrogen) atoms. The van der Waals surface area contributed by atoms with Crippen LogP contribution in [0.25, 0.3) is 22.1 Å². The van der Waals surface area contributed by atoms with E-state index in [0.29, 0.717) is 0 Å². The first-order chi connectivity index (χ1) is 9.38. The SMILES string of the molecule is C.c1cc2ccc(Nc3ccc4cc[nH]c4n3)nc2[nH]1. The Morgan fingerprint density at radius 3 is 1.70 bits per heavy atom. The molecule has 0 amide bonds. The van der Waals surface area contributed by atoms with E-state index in [-0.39, 0.29) is 7.43 Å². The monoisotopic (exact) mass is 265 g/mol. The van der Waals surface area contributed by atoms with Crippen molar-refractivity contribution in [1.82, 2.24) is 19.9 Å². The Morgan fingerprint density at radius 2 is 1.20 bits per heavy atom. The largest absolute Gasteiger partial charge is 0.346 e. The normalized spacial score (nSPS) is 10.6. The van der Waals surface area contributed by atoms with Crippen molar-refractivity contribution in [1.29, 1.82) is 0 Å². The standard InChI is InChI=1S/C14H11N5.CH4/c1-3-11(18-13-9(1)5-7-15-13)17-12-4-2-10-6-8-16-14(10)19-12;/h1-8H,(H3,15,16,17,18,19);1H4. The number of fused-ring (bicyclic) bond motifs is 2. The number of anilines is 2. The van der Waals surface area contributed by atoms with Crippen LogP contribution in [0, 0.1) is 0 Å². The fourth-order valence-electron chi connectivity index (χ4n) is 2.13. The first kappa shape index (κ1) is 12.2. The molecular weight excluding hydrogens is 250 g/mol. The zero-order valence-corrected chi connectivity index (χ0v) is 10.0. The first-order valence-corrected chi connectivity index (χ1v) is 6.04. The molecule has 0 fully saturated rings. The molecule has 0 aliphatic heterocycles. The van der Waals surface area contributed by atoms with Gasteiger partial charge in [-0.05, 0) is 36.4 Å². The van der Waals surface area contributed by atoms with Gasteiger partial charge in [0.1, 0.15) is 22.9 Å². The molecule has 0 aromatic carbocycles. The second kappa shape index (κ2) is 4.70. The van der Waals surface area contributed by atoms with E-state index < -0.39 is 0 Å². The third-order valence-electron chi connectivity index (χ3n) is 3.07. The van der Waals surface area contributed by atoms with E-state index in [4.69, 9.17) is 0 Å². The van der Waals surface area contributed by atoms with Crippen LogP contribution in [0.2, 0.25) is 0 Å². The van der Waals surface area contributed by atoms with Gasteiger partial charge >= 0.3 is 0 Å². The van der Waals surface area contributed by atoms with Crippen molar-refractivity contribution in [3.8, 4) is 0 Å². The second-order valence-corrected chi connectivity index (χ2v) is 4.35. The molecule has 0 saturated carbocycles. The fraction of sp³-hybridized carbons (Fsp3) is 0.0667. The van der Waals surface area contributed by atoms with E-state index in [1.165, 1.54) is 0 Å². The maximum absolute atomic E-state index is 4.48. The molecule has 4 heterocycles. The van der Waals surface area contributed by atoms with Crippen LogP contribution in [0.3, 0.4) is 0 Å². The van der Waals surface area contributed by atoms with Crippen LogP contribution >= 0.6 is 0 Å². The third-order valence-corrected chi connectivity index (χ3v) is 3.07. The Morgan fingerprint density at radius 1 is 0.700 bits per heavy atom. The summed E-state index contributed by atoms with van der Waals surface area (Å²) in [5.74, 6) is 1.54. The van der Waals surface area contributed by atoms with Gasteiger partial charge in [-0.2, -0.15) is 0 Å². The number of pyridine rings is 2. The molecule has 100 valence electrons. The number of aromatic nitrogens is 4. The first-order valence-electron chi connectivity index (χ1n) is 6.04. The van der Waals surface area contributed by atoms with Crippen molar-refractivity contribution in [2.45, 2.75) is 7.43 Å². The van der Waals surface area contributed by atoms with Gasteiger partial charge < -0.3 is 15.3 Å². The van der Waals surface area contributed by atoms with E-state index in [0.717, 1.165) is 33.7 Å². The summed E-state index contributed by atoms with van der Waals surface area (Å²) in [4.78, 5) is 15.1. The van der Waals surface area contributed by atoms with Crippen molar-refractivity contribution < 1.29 is 0 Å². The van der Waals surface area contributed by atoms with Crippen LogP contribution in [0.1, 0.15) is 7.43 Å². The summed E-state index contributed by atoms with van der Waals surface area (Å²) in [5.41, 5.74) is 1.73. The topological polar surface area (TPSA) is 69.4 Å². The van der Waals surface area contributed by atoms with Gasteiger partial charge in [0.25, 0.3) is 0 Å². The minimum Gasteiger partial charge on any atom is -0.346 e. The average Bonchev–Trinajstić information content (AvgIpc) is 3.05. The third kappa shape index (κ3) is 1.99. The van der Waals surface area contributed by atoms with Crippen molar-refractivity contribution in [3.63, 3.8) is 0 Å². The zero-order valence-electron chi connectivity index (χ0n) is 10.0. The summed E-state index contributed by atoms with van der Waals surface area (Å²) in [7, 11) is 0. The van der Waals surface area contributed by atoms with Crippen LogP contribution < -0.4 is 5.32 Å². The molecule has 0 saturated heterocycles. The highest BCUT2D eigenvalue weighted by atomic mass is 15.1. The average molecular weight is 265 g/mol. The van der Waals surface area contributed by atoms with E-state index in [1.807, 2.05) is 48.8 Å². The molecule has 4 rings (SSSR count). The fourth-order valence-corrected chi connectivity index (χ4v) is 2.13. The number of aromatic amines is 2. The lowest BCUT2D eigenvalue weighted by atomic mass is 10.3. The van der Waals surface area contributed by atoms with Crippen LogP contribution in [0.4, 0.5) is 11.6 Å². The summed E-state index contributed by atoms with van der Waals surface area (Å²) in [6.45, 7) is 0. The van der Waals surface area contributed by atoms with E-state index in [1.54, 1.807) is 0 Å². The summed E-state index contributed by atoms with van der Waals surface area (Å²) < 4.78 is 0. The molecule has 0 aliphatic carbocycles. The maximum Gasteiger partial charge on any atom is 0.139 e. The van der Waals surface area contributed by atoms with Gasteiger partial charge in [-0.15, -0.1) is 0 Å². The second-order valence-electron chi connectivity index (χ2n) is 4.35. The van der Waals surface area contributed by atoms with Gasteiger partial charge in [0.15, 0.2) is 0 Å². The van der Waals surface area contributed by atoms with Gasteiger partial charge in [-0.25, -0.2) is 9.97 Å². The Kier molecular flexibility index (Phi) is 2.87. The van der Waals surface area contributed by atoms with Crippen LogP contribution in [0.5, 0.6) is 0 Å². The van der Waals surface area contributed by atoms with Crippen molar-refractivity contribution in [3.05, 3.63) is 48.8 Å². The van der Waals surface area contributed by atoms with Crippen molar-refractivity contribution >= 4 is 33.7 Å². The maximum atomic E-state index is 4.48. The molecular formula is C15H15N5. The minimum absolute atomic E-state index is 0. The minimum atomic E-state index is 0. The smallest absolute Gasteiger partial charge is 0.139 e. The molecule has 3 N–H and O–H groups in total. The lowest BCUT2D eigenvalue weighted by Crippen LogP contribution is -1.96. The molecule has 0 aliphatic rings. The van der Waals surface area contributed by atoms with Gasteiger partial charge in [0, 0.05) is 23.2 Å². The number of nitrogens with zero attached hydrogens (tertiary/aromatic N) is 2. The van der Waals surface area contributed by atoms with Crippen molar-refractivity contribution in [2.24, 2.45) is 0 Å². The number of nitrogens with one attached hydrogen (secondary N) is 3. The number of H-pyrrole nitrogens is 2. The quantitative estimate of drug-likeness (QED) is 0.516. The summed E-state index contributed by atoms with van der Waals surface area (Å²) in [6, 6.07) is 11.9. The summed E-state index contributed by atoms with van der Waals surface area (Å²) >= 11 is 0. The van der Waals surface area contributed by atoms with Crippen LogP contribution in [-0.2, 0) is 0 Å². The van der Waals surface area contributed by atoms with E-state index >= 15 is 0 Å². The van der Waals surface area contributed by atoms with Crippen LogP contribution in [0.15, 0.2) is 48.8 Å². The summed E-state index contributed by atoms with van der Waals surface area (Å²) in [6.07, 6.45) is 3.76. The molecule has 4 aromatic heterocycles. The predicted octanol–water partition coefficient (Wildman–Crippen LogP) is 3.82. The number of hydrogen-bond acceptors (Lipinski definition) is 3. The van der Waals surface area contributed by atoms with Gasteiger partial charge in [-0.1, -0.05) is 7.43 Å². The molecule has 0 atom stereocenters. The Hall–Kier alpha value is -2.82. The van der Waals surface area contributed by atoms with Gasteiger partial charge in [-0.3, -0.25) is 0 Å². The highest BCUT2D eigenvalue weighted by Gasteiger charge is 2.02. The Labute approximate surface area is 116 Å². The van der Waals surface area contributed by atoms with Crippen molar-refractivity contribution in [2.75, 3.05) is 5.32 Å². The zero-order chi connectivity index (χ0) is 12.7. The van der Waals surface area contributed by atoms with E-state index in [9.17, 15) is 0 Å². The highest BCUT2D eigenvalue weighted by Crippen LogP contribution is 2.19. The lowest BCUT2D eigenvalue weighted by Gasteiger charge is -2.04. The molecule has 0 radical (unpaired) electrons. The highest BCUT2D eigenvalue weighted by molar-refractivity contribution is 5.79. The summed E-state index contributed by atoms with van der Waals surface area (Å²) in [5, 5.41) is 5.40. The van der Waals surface area contributed by atoms with E-state index in [2.05, 4.69) is 25.3 Å². The molecule has 0 bridgehead atoms. The molecule has 0 unspecified atom stereocenters. The predicted molar refractivity (Wildman–Crippen MR) is 82.2 cm³/mol. The molecule has 5 nitrogen and oxygen atoms in total.